The van der Waals surface area contributed by atoms with Gasteiger partial charge in [0, 0.05) is 30.6 Å². The highest BCUT2D eigenvalue weighted by atomic mass is 16.6. The minimum absolute atomic E-state index is 0.0360. The van der Waals surface area contributed by atoms with Gasteiger partial charge in [-0.05, 0) is 44.2 Å². The molecule has 3 aromatic rings. The molecule has 2 N–H and O–H groups in total. The van der Waals surface area contributed by atoms with E-state index in [0.29, 0.717) is 36.3 Å². The summed E-state index contributed by atoms with van der Waals surface area (Å²) in [7, 11) is 0. The normalized spacial score (nSPS) is 16.9. The fourth-order valence-electron chi connectivity index (χ4n) is 3.86. The van der Waals surface area contributed by atoms with E-state index in [2.05, 4.69) is 35.6 Å². The molecule has 4 heterocycles. The molecular weight excluding hydrogens is 448 g/mol. The Morgan fingerprint density at radius 1 is 0.943 bits per heavy atom. The van der Waals surface area contributed by atoms with E-state index in [1.807, 2.05) is 6.07 Å². The van der Waals surface area contributed by atoms with Crippen molar-refractivity contribution in [3.8, 4) is 5.88 Å². The summed E-state index contributed by atoms with van der Waals surface area (Å²) in [5.41, 5.74) is 2.78. The number of nitrogens with one attached hydrogen (secondary N) is 2. The molecule has 3 aromatic heterocycles. The number of rotatable bonds is 7. The summed E-state index contributed by atoms with van der Waals surface area (Å²) in [6.07, 6.45) is 10.6. The number of hydrogen-bond acceptors (Lipinski definition) is 9. The SMILES string of the molecule is O=C(Nc1ccc(C2CC2)nc1C(=O)N1CCC1)Oc1nc(C2CC2)cnc1Nc1cncnc1. The quantitative estimate of drug-likeness (QED) is 0.528. The second kappa shape index (κ2) is 8.90. The number of pyridine rings is 1. The zero-order chi connectivity index (χ0) is 23.8. The van der Waals surface area contributed by atoms with Crippen molar-refractivity contribution in [2.75, 3.05) is 23.7 Å². The number of nitrogens with zero attached hydrogens (tertiary/aromatic N) is 6. The summed E-state index contributed by atoms with van der Waals surface area (Å²) >= 11 is 0. The smallest absolute Gasteiger partial charge is 0.387 e. The summed E-state index contributed by atoms with van der Waals surface area (Å²) in [5.74, 6) is 0.820. The number of carbonyl (C=O) groups excluding carboxylic acids is 2. The average molecular weight is 473 g/mol. The van der Waals surface area contributed by atoms with Gasteiger partial charge in [0.2, 0.25) is 0 Å². The Bertz CT molecular complexity index is 1270. The molecule has 2 saturated carbocycles. The molecule has 11 nitrogen and oxygen atoms in total. The van der Waals surface area contributed by atoms with E-state index in [0.717, 1.165) is 43.5 Å². The van der Waals surface area contributed by atoms with Crippen LogP contribution in [-0.4, -0.2) is 54.9 Å². The van der Waals surface area contributed by atoms with Crippen LogP contribution in [0.2, 0.25) is 0 Å². The first kappa shape index (κ1) is 21.4. The third kappa shape index (κ3) is 4.75. The topological polar surface area (TPSA) is 135 Å². The lowest BCUT2D eigenvalue weighted by molar-refractivity contribution is 0.0646. The number of carbonyl (C=O) groups is 2. The van der Waals surface area contributed by atoms with E-state index in [1.165, 1.54) is 6.33 Å². The zero-order valence-electron chi connectivity index (χ0n) is 19.0. The van der Waals surface area contributed by atoms with Crippen LogP contribution in [-0.2, 0) is 0 Å². The molecule has 35 heavy (non-hydrogen) atoms. The minimum Gasteiger partial charge on any atom is -0.387 e. The Hall–Kier alpha value is -4.15. The lowest BCUT2D eigenvalue weighted by Gasteiger charge is -2.31. The van der Waals surface area contributed by atoms with Crippen molar-refractivity contribution in [2.45, 2.75) is 43.9 Å². The molecule has 0 aromatic carbocycles. The summed E-state index contributed by atoms with van der Waals surface area (Å²) in [6.45, 7) is 1.39. The van der Waals surface area contributed by atoms with Crippen LogP contribution in [0.25, 0.3) is 0 Å². The van der Waals surface area contributed by atoms with Crippen LogP contribution in [0.3, 0.4) is 0 Å². The third-order valence-corrected chi connectivity index (χ3v) is 6.26. The Balaban J connectivity index is 1.24. The highest BCUT2D eigenvalue weighted by Gasteiger charge is 2.31. The van der Waals surface area contributed by atoms with E-state index in [1.54, 1.807) is 29.6 Å². The van der Waals surface area contributed by atoms with Crippen molar-refractivity contribution in [3.63, 3.8) is 0 Å². The van der Waals surface area contributed by atoms with Crippen molar-refractivity contribution >= 4 is 29.2 Å². The van der Waals surface area contributed by atoms with Gasteiger partial charge in [-0.25, -0.2) is 29.7 Å². The van der Waals surface area contributed by atoms with Crippen LogP contribution in [0.5, 0.6) is 5.88 Å². The van der Waals surface area contributed by atoms with E-state index in [4.69, 9.17) is 4.74 Å². The van der Waals surface area contributed by atoms with E-state index >= 15 is 0 Å². The van der Waals surface area contributed by atoms with Crippen LogP contribution in [0, 0.1) is 0 Å². The molecule has 178 valence electrons. The van der Waals surface area contributed by atoms with Crippen LogP contribution in [0.15, 0.2) is 37.1 Å². The first-order valence-corrected chi connectivity index (χ1v) is 11.8. The molecule has 0 bridgehead atoms. The predicted molar refractivity (Wildman–Crippen MR) is 126 cm³/mol. The van der Waals surface area contributed by atoms with Gasteiger partial charge < -0.3 is 15.0 Å². The van der Waals surface area contributed by atoms with E-state index in [9.17, 15) is 9.59 Å². The Morgan fingerprint density at radius 2 is 1.69 bits per heavy atom. The van der Waals surface area contributed by atoms with Crippen molar-refractivity contribution in [3.05, 3.63) is 54.1 Å². The summed E-state index contributed by atoms with van der Waals surface area (Å²) in [4.78, 5) is 49.1. The van der Waals surface area contributed by atoms with E-state index in [-0.39, 0.29) is 23.3 Å². The standard InChI is InChI=1S/C24H24N8O3/c33-23(32-8-1-9-32)20-18(7-6-17(29-20)14-2-3-14)31-24(34)35-22-21(28-16-10-25-13-26-11-16)27-12-19(30-22)15-4-5-15/h6-7,10-15H,1-5,8-9H2,(H,27,28)(H,31,34). The maximum atomic E-state index is 13.0. The van der Waals surface area contributed by atoms with Gasteiger partial charge in [-0.15, -0.1) is 0 Å². The number of anilines is 3. The number of ether oxygens (including phenoxy) is 1. The van der Waals surface area contributed by atoms with Crippen molar-refractivity contribution < 1.29 is 14.3 Å². The fraction of sp³-hybridized carbons (Fsp3) is 0.375. The number of amides is 2. The van der Waals surface area contributed by atoms with Crippen LogP contribution < -0.4 is 15.4 Å². The molecule has 11 heteroatoms. The molecule has 6 rings (SSSR count). The third-order valence-electron chi connectivity index (χ3n) is 6.26. The zero-order valence-corrected chi connectivity index (χ0v) is 19.0. The molecule has 0 atom stereocenters. The van der Waals surface area contributed by atoms with Gasteiger partial charge in [0.1, 0.15) is 6.33 Å². The van der Waals surface area contributed by atoms with Gasteiger partial charge in [-0.2, -0.15) is 0 Å². The van der Waals surface area contributed by atoms with Crippen molar-refractivity contribution in [1.29, 1.82) is 0 Å². The minimum atomic E-state index is -0.779. The molecule has 0 unspecified atom stereocenters. The number of hydrogen-bond donors (Lipinski definition) is 2. The van der Waals surface area contributed by atoms with Crippen molar-refractivity contribution in [1.82, 2.24) is 29.8 Å². The Morgan fingerprint density at radius 3 is 2.37 bits per heavy atom. The lowest BCUT2D eigenvalue weighted by Crippen LogP contribution is -2.42. The molecule has 3 fully saturated rings. The summed E-state index contributed by atoms with van der Waals surface area (Å²) in [6, 6.07) is 3.58. The van der Waals surface area contributed by atoms with Gasteiger partial charge in [0.25, 0.3) is 11.8 Å². The molecule has 1 saturated heterocycles. The maximum absolute atomic E-state index is 13.0. The Kier molecular flexibility index (Phi) is 5.44. The van der Waals surface area contributed by atoms with Crippen LogP contribution in [0.4, 0.5) is 22.0 Å². The number of aromatic nitrogens is 5. The highest BCUT2D eigenvalue weighted by molar-refractivity contribution is 6.01. The molecule has 0 radical (unpaired) electrons. The van der Waals surface area contributed by atoms with E-state index < -0.39 is 6.09 Å². The maximum Gasteiger partial charge on any atom is 0.418 e. The summed E-state index contributed by atoms with van der Waals surface area (Å²) < 4.78 is 5.59. The first-order chi connectivity index (χ1) is 17.1. The first-order valence-electron chi connectivity index (χ1n) is 11.8. The molecular formula is C24H24N8O3. The average Bonchev–Trinajstić information content (AvgIpc) is 3.73. The van der Waals surface area contributed by atoms with Gasteiger partial charge in [0.05, 0.1) is 35.7 Å². The molecule has 0 spiro atoms. The summed E-state index contributed by atoms with van der Waals surface area (Å²) in [5, 5.41) is 5.73. The highest BCUT2D eigenvalue weighted by Crippen LogP contribution is 2.41. The fourth-order valence-corrected chi connectivity index (χ4v) is 3.86. The lowest BCUT2D eigenvalue weighted by atomic mass is 10.1. The predicted octanol–water partition coefficient (Wildman–Crippen LogP) is 3.62. The van der Waals surface area contributed by atoms with Gasteiger partial charge in [0.15, 0.2) is 11.5 Å². The van der Waals surface area contributed by atoms with Gasteiger partial charge in [-0.3, -0.25) is 10.1 Å². The van der Waals surface area contributed by atoms with Crippen LogP contribution in [0.1, 0.15) is 65.8 Å². The molecule has 2 aliphatic carbocycles. The van der Waals surface area contributed by atoms with Gasteiger partial charge >= 0.3 is 6.09 Å². The monoisotopic (exact) mass is 472 g/mol. The molecule has 1 aliphatic heterocycles. The Labute approximate surface area is 201 Å². The molecule has 3 aliphatic rings. The second-order valence-electron chi connectivity index (χ2n) is 9.04. The van der Waals surface area contributed by atoms with Crippen molar-refractivity contribution in [2.24, 2.45) is 0 Å². The second-order valence-corrected chi connectivity index (χ2v) is 9.04. The number of likely N-dealkylation sites (tertiary alicyclic amines) is 1. The molecule has 2 amide bonds. The van der Waals surface area contributed by atoms with Gasteiger partial charge in [-0.1, -0.05) is 0 Å². The largest absolute Gasteiger partial charge is 0.418 e. The van der Waals surface area contributed by atoms with Crippen LogP contribution >= 0.6 is 0 Å².